The van der Waals surface area contributed by atoms with Crippen LogP contribution in [0, 0.1) is 19.7 Å². The van der Waals surface area contributed by atoms with Crippen molar-refractivity contribution in [1.82, 2.24) is 0 Å². The molecule has 0 amide bonds. The quantitative estimate of drug-likeness (QED) is 0.926. The highest BCUT2D eigenvalue weighted by Gasteiger charge is 2.61. The van der Waals surface area contributed by atoms with Crippen LogP contribution in [0.4, 0.5) is 4.39 Å². The minimum Gasteiger partial charge on any atom is -0.475 e. The van der Waals surface area contributed by atoms with Crippen molar-refractivity contribution in [2.75, 3.05) is 0 Å². The molecule has 1 heterocycles. The molecule has 1 unspecified atom stereocenters. The summed E-state index contributed by atoms with van der Waals surface area (Å²) in [7, 11) is 0. The fourth-order valence-electron chi connectivity index (χ4n) is 3.58. The van der Waals surface area contributed by atoms with Crippen LogP contribution < -0.4 is 4.74 Å². The lowest BCUT2D eigenvalue weighted by molar-refractivity contribution is -0.114. The van der Waals surface area contributed by atoms with Crippen molar-refractivity contribution in [3.05, 3.63) is 52.3 Å². The molecule has 1 aliphatic carbocycles. The summed E-state index contributed by atoms with van der Waals surface area (Å²) in [6.07, 6.45) is 0.825. The number of fused-ring (bicyclic) bond motifs is 1. The summed E-state index contributed by atoms with van der Waals surface area (Å²) in [4.78, 5) is 11.7. The van der Waals surface area contributed by atoms with E-state index in [0.717, 1.165) is 27.8 Å². The van der Waals surface area contributed by atoms with Gasteiger partial charge >= 0.3 is 0 Å². The number of Topliss-reactive ketones (excluding diaryl/α,β-unsaturated/α-hetero) is 1. The number of ketones is 1. The summed E-state index contributed by atoms with van der Waals surface area (Å²) < 4.78 is 20.5. The van der Waals surface area contributed by atoms with Gasteiger partial charge in [0.05, 0.1) is 13.0 Å². The zero-order valence-electron chi connectivity index (χ0n) is 13.1. The summed E-state index contributed by atoms with van der Waals surface area (Å²) in [5, 5.41) is 9.33. The molecule has 1 N–H and O–H groups in total. The molecule has 118 valence electrons. The normalized spacial score (nSPS) is 21.5. The molecule has 3 nitrogen and oxygen atoms in total. The molecule has 2 aromatic rings. The monoisotopic (exact) mass is 312 g/mol. The summed E-state index contributed by atoms with van der Waals surface area (Å²) in [6.45, 7) is 3.62. The van der Waals surface area contributed by atoms with E-state index < -0.39 is 5.60 Å². The van der Waals surface area contributed by atoms with Gasteiger partial charge in [-0.15, -0.1) is 0 Å². The van der Waals surface area contributed by atoms with Crippen LogP contribution >= 0.6 is 0 Å². The number of halogens is 1. The van der Waals surface area contributed by atoms with Gasteiger partial charge in [-0.2, -0.15) is 0 Å². The smallest absolute Gasteiger partial charge is 0.181 e. The second kappa shape index (κ2) is 4.65. The Morgan fingerprint density at radius 2 is 2.00 bits per heavy atom. The Labute approximate surface area is 133 Å². The number of rotatable bonds is 2. The van der Waals surface area contributed by atoms with E-state index in [-0.39, 0.29) is 24.0 Å². The lowest BCUT2D eigenvalue weighted by atomic mass is 9.89. The number of aliphatic hydroxyl groups excluding tert-OH is 1. The summed E-state index contributed by atoms with van der Waals surface area (Å²) >= 11 is 0. The van der Waals surface area contributed by atoms with Crippen LogP contribution in [0.5, 0.6) is 5.75 Å². The second-order valence-corrected chi connectivity index (χ2v) is 6.48. The van der Waals surface area contributed by atoms with Gasteiger partial charge in [-0.3, -0.25) is 4.79 Å². The molecule has 4 rings (SSSR count). The zero-order valence-corrected chi connectivity index (χ0v) is 13.1. The maximum atomic E-state index is 14.8. The van der Waals surface area contributed by atoms with E-state index in [1.54, 1.807) is 6.92 Å². The Bertz CT molecular complexity index is 856. The van der Waals surface area contributed by atoms with Crippen molar-refractivity contribution in [1.29, 1.82) is 0 Å². The first-order chi connectivity index (χ1) is 11.0. The predicted molar refractivity (Wildman–Crippen MR) is 83.9 cm³/mol. The third-order valence-electron chi connectivity index (χ3n) is 4.99. The Hall–Kier alpha value is -2.20. The first-order valence-electron chi connectivity index (χ1n) is 7.71. The number of carbonyl (C=O) groups excluding carboxylic acids is 1. The zero-order chi connectivity index (χ0) is 16.4. The molecular weight excluding hydrogens is 295 g/mol. The summed E-state index contributed by atoms with van der Waals surface area (Å²) in [5.74, 6) is -0.0894. The SMILES string of the molecule is Cc1c(F)c2c(c(C)c1-c1cccc(CO)c1)CC1(CC1=O)O2. The summed E-state index contributed by atoms with van der Waals surface area (Å²) in [6, 6.07) is 7.47. The molecule has 1 fully saturated rings. The Kier molecular flexibility index (Phi) is 2.91. The van der Waals surface area contributed by atoms with E-state index in [0.29, 0.717) is 18.4 Å². The molecule has 1 spiro atoms. The van der Waals surface area contributed by atoms with Crippen LogP contribution in [-0.4, -0.2) is 16.5 Å². The van der Waals surface area contributed by atoms with Crippen LogP contribution in [0.3, 0.4) is 0 Å². The van der Waals surface area contributed by atoms with Crippen molar-refractivity contribution in [2.24, 2.45) is 0 Å². The lowest BCUT2D eigenvalue weighted by Crippen LogP contribution is -2.17. The molecule has 1 saturated carbocycles. The average Bonchev–Trinajstić information content (AvgIpc) is 2.99. The number of ether oxygens (including phenoxy) is 1. The van der Waals surface area contributed by atoms with E-state index >= 15 is 0 Å². The van der Waals surface area contributed by atoms with Crippen LogP contribution in [0.25, 0.3) is 11.1 Å². The first kappa shape index (κ1) is 14.4. The molecule has 0 aromatic heterocycles. The van der Waals surface area contributed by atoms with Crippen LogP contribution in [0.15, 0.2) is 24.3 Å². The number of aliphatic hydroxyl groups is 1. The van der Waals surface area contributed by atoms with Gasteiger partial charge in [0.2, 0.25) is 0 Å². The van der Waals surface area contributed by atoms with Crippen LogP contribution in [0.1, 0.15) is 28.7 Å². The highest BCUT2D eigenvalue weighted by molar-refractivity contribution is 6.05. The van der Waals surface area contributed by atoms with Crippen molar-refractivity contribution >= 4 is 5.78 Å². The molecule has 2 aliphatic rings. The highest BCUT2D eigenvalue weighted by Crippen LogP contribution is 2.51. The van der Waals surface area contributed by atoms with Gasteiger partial charge in [0.25, 0.3) is 0 Å². The highest BCUT2D eigenvalue weighted by atomic mass is 19.1. The number of hydrogen-bond acceptors (Lipinski definition) is 3. The maximum absolute atomic E-state index is 14.8. The van der Waals surface area contributed by atoms with Gasteiger partial charge in [0.15, 0.2) is 23.0 Å². The largest absolute Gasteiger partial charge is 0.475 e. The van der Waals surface area contributed by atoms with Gasteiger partial charge in [-0.25, -0.2) is 4.39 Å². The number of carbonyl (C=O) groups is 1. The van der Waals surface area contributed by atoms with E-state index in [1.165, 1.54) is 0 Å². The van der Waals surface area contributed by atoms with Gasteiger partial charge in [0, 0.05) is 12.0 Å². The molecule has 0 saturated heterocycles. The third-order valence-corrected chi connectivity index (χ3v) is 4.99. The van der Waals surface area contributed by atoms with Crippen LogP contribution in [-0.2, 0) is 17.8 Å². The molecule has 0 radical (unpaired) electrons. The minimum absolute atomic E-state index is 0.0500. The van der Waals surface area contributed by atoms with Crippen molar-refractivity contribution in [3.63, 3.8) is 0 Å². The Balaban J connectivity index is 1.91. The van der Waals surface area contributed by atoms with E-state index in [1.807, 2.05) is 31.2 Å². The van der Waals surface area contributed by atoms with Crippen molar-refractivity contribution in [3.8, 4) is 16.9 Å². The third kappa shape index (κ3) is 1.94. The fraction of sp³-hybridized carbons (Fsp3) is 0.316. The van der Waals surface area contributed by atoms with Gasteiger partial charge in [0.1, 0.15) is 0 Å². The van der Waals surface area contributed by atoms with Gasteiger partial charge in [-0.1, -0.05) is 18.2 Å². The van der Waals surface area contributed by atoms with E-state index in [9.17, 15) is 14.3 Å². The fourth-order valence-corrected chi connectivity index (χ4v) is 3.58. The van der Waals surface area contributed by atoms with E-state index in [2.05, 4.69) is 0 Å². The average molecular weight is 312 g/mol. The van der Waals surface area contributed by atoms with Crippen molar-refractivity contribution in [2.45, 2.75) is 38.9 Å². The second-order valence-electron chi connectivity index (χ2n) is 6.48. The molecule has 1 atom stereocenters. The number of hydrogen-bond donors (Lipinski definition) is 1. The standard InChI is InChI=1S/C19H17FO3/c1-10-14-7-19(8-15(19)22)23-18(14)17(20)11(2)16(10)13-5-3-4-12(6-13)9-21/h3-6,21H,7-9H2,1-2H3. The van der Waals surface area contributed by atoms with Gasteiger partial charge < -0.3 is 9.84 Å². The molecule has 4 heteroatoms. The Morgan fingerprint density at radius 1 is 1.26 bits per heavy atom. The Morgan fingerprint density at radius 3 is 2.65 bits per heavy atom. The molecular formula is C19H17FO3. The van der Waals surface area contributed by atoms with E-state index in [4.69, 9.17) is 4.74 Å². The first-order valence-corrected chi connectivity index (χ1v) is 7.71. The van der Waals surface area contributed by atoms with Crippen molar-refractivity contribution < 1.29 is 19.0 Å². The molecule has 2 aromatic carbocycles. The number of benzene rings is 2. The molecule has 0 bridgehead atoms. The van der Waals surface area contributed by atoms with Gasteiger partial charge in [-0.05, 0) is 47.7 Å². The molecule has 1 aliphatic heterocycles. The lowest BCUT2D eigenvalue weighted by Gasteiger charge is -2.16. The molecule has 23 heavy (non-hydrogen) atoms. The summed E-state index contributed by atoms with van der Waals surface area (Å²) in [5.41, 5.74) is 3.94. The predicted octanol–water partition coefficient (Wildman–Crippen LogP) is 3.25. The topological polar surface area (TPSA) is 46.5 Å². The minimum atomic E-state index is -0.800. The maximum Gasteiger partial charge on any atom is 0.181 e. The van der Waals surface area contributed by atoms with Crippen LogP contribution in [0.2, 0.25) is 0 Å².